The van der Waals surface area contributed by atoms with E-state index in [1.165, 1.54) is 6.33 Å². The molecule has 0 aromatic carbocycles. The number of hydrogen-bond donors (Lipinski definition) is 0. The van der Waals surface area contributed by atoms with Crippen LogP contribution in [-0.2, 0) is 4.74 Å². The van der Waals surface area contributed by atoms with Gasteiger partial charge in [-0.2, -0.15) is 0 Å². The first-order valence-corrected chi connectivity index (χ1v) is 6.12. The van der Waals surface area contributed by atoms with Crippen LogP contribution in [0, 0.1) is 11.3 Å². The summed E-state index contributed by atoms with van der Waals surface area (Å²) < 4.78 is 5.28. The first-order chi connectivity index (χ1) is 8.03. The normalized spacial score (nSPS) is 23.1. The fraction of sp³-hybridized carbons (Fsp3) is 0.667. The summed E-state index contributed by atoms with van der Waals surface area (Å²) in [5.41, 5.74) is 0.230. The van der Waals surface area contributed by atoms with E-state index in [9.17, 15) is 0 Å². The van der Waals surface area contributed by atoms with Gasteiger partial charge in [0, 0.05) is 32.2 Å². The van der Waals surface area contributed by atoms with Gasteiger partial charge in [-0.25, -0.2) is 9.97 Å². The maximum Gasteiger partial charge on any atom is 0.134 e. The molecule has 1 saturated heterocycles. The Morgan fingerprint density at radius 3 is 2.94 bits per heavy atom. The number of aromatic nitrogens is 2. The van der Waals surface area contributed by atoms with E-state index in [4.69, 9.17) is 16.3 Å². The molecule has 1 aromatic rings. The average Bonchev–Trinajstić information content (AvgIpc) is 2.55. The van der Waals surface area contributed by atoms with Gasteiger partial charge in [-0.3, -0.25) is 0 Å². The SMILES string of the molecule is COCC1CN(c2cc(Cl)ncn2)CC1(C)C. The van der Waals surface area contributed by atoms with Gasteiger partial charge in [-0.05, 0) is 5.41 Å². The maximum absolute atomic E-state index is 5.89. The number of anilines is 1. The van der Waals surface area contributed by atoms with Crippen molar-refractivity contribution >= 4 is 17.4 Å². The fourth-order valence-electron chi connectivity index (χ4n) is 2.35. The number of hydrogen-bond acceptors (Lipinski definition) is 4. The second-order valence-electron chi connectivity index (χ2n) is 5.22. The lowest BCUT2D eigenvalue weighted by Crippen LogP contribution is -2.25. The van der Waals surface area contributed by atoms with Crippen LogP contribution in [0.3, 0.4) is 0 Å². The molecule has 0 spiro atoms. The summed E-state index contributed by atoms with van der Waals surface area (Å²) in [5.74, 6) is 1.41. The quantitative estimate of drug-likeness (QED) is 0.777. The number of halogens is 1. The topological polar surface area (TPSA) is 38.2 Å². The van der Waals surface area contributed by atoms with E-state index in [-0.39, 0.29) is 5.41 Å². The number of nitrogens with zero attached hydrogens (tertiary/aromatic N) is 3. The lowest BCUT2D eigenvalue weighted by atomic mass is 9.83. The Morgan fingerprint density at radius 2 is 2.29 bits per heavy atom. The van der Waals surface area contributed by atoms with Crippen molar-refractivity contribution in [2.45, 2.75) is 13.8 Å². The van der Waals surface area contributed by atoms with E-state index in [0.29, 0.717) is 11.1 Å². The largest absolute Gasteiger partial charge is 0.384 e. The van der Waals surface area contributed by atoms with Gasteiger partial charge in [0.2, 0.25) is 0 Å². The van der Waals surface area contributed by atoms with Crippen molar-refractivity contribution in [1.82, 2.24) is 9.97 Å². The predicted octanol–water partition coefficient (Wildman–Crippen LogP) is 2.24. The Morgan fingerprint density at radius 1 is 1.53 bits per heavy atom. The van der Waals surface area contributed by atoms with Crippen LogP contribution in [-0.4, -0.2) is 36.8 Å². The smallest absolute Gasteiger partial charge is 0.134 e. The zero-order valence-corrected chi connectivity index (χ0v) is 11.2. The van der Waals surface area contributed by atoms with Gasteiger partial charge >= 0.3 is 0 Å². The molecular weight excluding hydrogens is 238 g/mol. The van der Waals surface area contributed by atoms with Crippen molar-refractivity contribution in [3.05, 3.63) is 17.5 Å². The molecule has 0 saturated carbocycles. The highest BCUT2D eigenvalue weighted by molar-refractivity contribution is 6.29. The van der Waals surface area contributed by atoms with E-state index in [2.05, 4.69) is 28.7 Å². The van der Waals surface area contributed by atoms with Crippen molar-refractivity contribution < 1.29 is 4.74 Å². The molecule has 0 amide bonds. The fourth-order valence-corrected chi connectivity index (χ4v) is 2.49. The molecule has 1 fully saturated rings. The molecule has 1 atom stereocenters. The van der Waals surface area contributed by atoms with Crippen molar-refractivity contribution in [3.63, 3.8) is 0 Å². The van der Waals surface area contributed by atoms with Gasteiger partial charge < -0.3 is 9.64 Å². The first-order valence-electron chi connectivity index (χ1n) is 5.74. The summed E-state index contributed by atoms with van der Waals surface area (Å²) in [7, 11) is 1.75. The van der Waals surface area contributed by atoms with Crippen LogP contribution in [0.25, 0.3) is 0 Å². The van der Waals surface area contributed by atoms with Crippen LogP contribution in [0.4, 0.5) is 5.82 Å². The molecule has 2 rings (SSSR count). The zero-order chi connectivity index (χ0) is 12.5. The first kappa shape index (κ1) is 12.6. The Hall–Kier alpha value is -0.870. The molecule has 4 nitrogen and oxygen atoms in total. The van der Waals surface area contributed by atoms with Crippen LogP contribution in [0.1, 0.15) is 13.8 Å². The molecule has 0 aliphatic carbocycles. The summed E-state index contributed by atoms with van der Waals surface area (Å²) in [6.07, 6.45) is 1.51. The Bertz CT molecular complexity index is 397. The predicted molar refractivity (Wildman–Crippen MR) is 68.4 cm³/mol. The molecule has 1 unspecified atom stereocenters. The Kier molecular flexibility index (Phi) is 3.54. The van der Waals surface area contributed by atoms with Crippen molar-refractivity contribution in [3.8, 4) is 0 Å². The third-order valence-corrected chi connectivity index (χ3v) is 3.66. The van der Waals surface area contributed by atoms with Gasteiger partial charge in [0.1, 0.15) is 17.3 Å². The van der Waals surface area contributed by atoms with Crippen LogP contribution in [0.5, 0.6) is 0 Å². The summed E-state index contributed by atoms with van der Waals surface area (Å²) in [6.45, 7) is 7.23. The minimum atomic E-state index is 0.230. The molecule has 5 heteroatoms. The summed E-state index contributed by atoms with van der Waals surface area (Å²) in [5, 5.41) is 0.489. The molecule has 1 aliphatic heterocycles. The van der Waals surface area contributed by atoms with Crippen LogP contribution in [0.15, 0.2) is 12.4 Å². The highest BCUT2D eigenvalue weighted by atomic mass is 35.5. The van der Waals surface area contributed by atoms with E-state index >= 15 is 0 Å². The van der Waals surface area contributed by atoms with Crippen LogP contribution >= 0.6 is 11.6 Å². The third-order valence-electron chi connectivity index (χ3n) is 3.46. The van der Waals surface area contributed by atoms with Gasteiger partial charge in [-0.15, -0.1) is 0 Å². The van der Waals surface area contributed by atoms with E-state index in [1.807, 2.05) is 6.07 Å². The zero-order valence-electron chi connectivity index (χ0n) is 10.5. The summed E-state index contributed by atoms with van der Waals surface area (Å²) >= 11 is 5.89. The minimum absolute atomic E-state index is 0.230. The second kappa shape index (κ2) is 4.78. The van der Waals surface area contributed by atoms with Crippen LogP contribution in [0.2, 0.25) is 5.15 Å². The van der Waals surface area contributed by atoms with E-state index < -0.39 is 0 Å². The van der Waals surface area contributed by atoms with E-state index in [1.54, 1.807) is 7.11 Å². The number of rotatable bonds is 3. The standard InChI is InChI=1S/C12H18ClN3O/c1-12(2)7-16(5-9(12)6-17-3)11-4-10(13)14-8-15-11/h4,8-9H,5-7H2,1-3H3. The number of methoxy groups -OCH3 is 1. The molecule has 1 aromatic heterocycles. The van der Waals surface area contributed by atoms with Crippen molar-refractivity contribution in [2.75, 3.05) is 31.7 Å². The number of ether oxygens (including phenoxy) is 1. The van der Waals surface area contributed by atoms with E-state index in [0.717, 1.165) is 25.5 Å². The molecule has 1 aliphatic rings. The lowest BCUT2D eigenvalue weighted by Gasteiger charge is -2.24. The highest BCUT2D eigenvalue weighted by Crippen LogP contribution is 2.37. The summed E-state index contributed by atoms with van der Waals surface area (Å²) in [4.78, 5) is 10.4. The molecule has 0 radical (unpaired) electrons. The maximum atomic E-state index is 5.89. The molecule has 17 heavy (non-hydrogen) atoms. The van der Waals surface area contributed by atoms with Crippen molar-refractivity contribution in [1.29, 1.82) is 0 Å². The van der Waals surface area contributed by atoms with Gasteiger partial charge in [0.15, 0.2) is 0 Å². The minimum Gasteiger partial charge on any atom is -0.384 e. The Labute approximate surface area is 107 Å². The molecule has 0 bridgehead atoms. The van der Waals surface area contributed by atoms with Crippen LogP contribution < -0.4 is 4.90 Å². The molecule has 0 N–H and O–H groups in total. The highest BCUT2D eigenvalue weighted by Gasteiger charge is 2.39. The van der Waals surface area contributed by atoms with Crippen molar-refractivity contribution in [2.24, 2.45) is 11.3 Å². The lowest BCUT2D eigenvalue weighted by molar-refractivity contribution is 0.112. The van der Waals surface area contributed by atoms with Gasteiger partial charge in [-0.1, -0.05) is 25.4 Å². The summed E-state index contributed by atoms with van der Waals surface area (Å²) in [6, 6.07) is 1.81. The molecule has 2 heterocycles. The monoisotopic (exact) mass is 255 g/mol. The average molecular weight is 256 g/mol. The second-order valence-corrected chi connectivity index (χ2v) is 5.61. The molecular formula is C12H18ClN3O. The van der Waals surface area contributed by atoms with Gasteiger partial charge in [0.25, 0.3) is 0 Å². The third kappa shape index (κ3) is 2.69. The van der Waals surface area contributed by atoms with Gasteiger partial charge in [0.05, 0.1) is 6.61 Å². The molecule has 94 valence electrons. The Balaban J connectivity index is 2.15.